The van der Waals surface area contributed by atoms with Gasteiger partial charge in [0.25, 0.3) is 0 Å². The minimum atomic E-state index is -0.215. The van der Waals surface area contributed by atoms with Crippen LogP contribution in [0.25, 0.3) is 0 Å². The molecule has 5 heteroatoms. The number of likely N-dealkylation sites (N-methyl/N-ethyl adjacent to an activating group) is 2. The molecule has 0 atom stereocenters. The molecule has 0 radical (unpaired) electrons. The Morgan fingerprint density at radius 2 is 1.95 bits per heavy atom. The standard InChI is InChI=1S/C16H24FN3O/c1-13-10-15(17)5-4-14(13)11-19(3)12-16(21)20-8-6-18(2)7-9-20/h4-5,10H,6-9,11-12H2,1-3H3. The van der Waals surface area contributed by atoms with Crippen LogP contribution in [0.4, 0.5) is 4.39 Å². The fourth-order valence-electron chi connectivity index (χ4n) is 2.57. The second-order valence-electron chi connectivity index (χ2n) is 5.93. The first-order valence-electron chi connectivity index (χ1n) is 7.35. The van der Waals surface area contributed by atoms with Gasteiger partial charge in [0.1, 0.15) is 5.82 Å². The van der Waals surface area contributed by atoms with Crippen LogP contribution in [0.3, 0.4) is 0 Å². The molecule has 0 aromatic heterocycles. The fraction of sp³-hybridized carbons (Fsp3) is 0.562. The molecule has 0 saturated carbocycles. The molecule has 1 aromatic carbocycles. The number of amides is 1. The lowest BCUT2D eigenvalue weighted by Gasteiger charge is -2.33. The molecule has 1 saturated heterocycles. The Morgan fingerprint density at radius 1 is 1.29 bits per heavy atom. The molecule has 1 heterocycles. The summed E-state index contributed by atoms with van der Waals surface area (Å²) in [7, 11) is 4.00. The SMILES string of the molecule is Cc1cc(F)ccc1CN(C)CC(=O)N1CCN(C)CC1. The normalized spacial score (nSPS) is 16.5. The van der Waals surface area contributed by atoms with Crippen LogP contribution in [-0.2, 0) is 11.3 Å². The van der Waals surface area contributed by atoms with Crippen LogP contribution in [0.2, 0.25) is 0 Å². The first-order valence-corrected chi connectivity index (χ1v) is 7.35. The molecule has 2 rings (SSSR count). The molecule has 0 spiro atoms. The van der Waals surface area contributed by atoms with Crippen molar-refractivity contribution >= 4 is 5.91 Å². The van der Waals surface area contributed by atoms with Crippen molar-refractivity contribution in [1.82, 2.24) is 14.7 Å². The highest BCUT2D eigenvalue weighted by Crippen LogP contribution is 2.12. The number of hydrogen-bond acceptors (Lipinski definition) is 3. The van der Waals surface area contributed by atoms with Crippen molar-refractivity contribution in [3.8, 4) is 0 Å². The van der Waals surface area contributed by atoms with Crippen molar-refractivity contribution in [2.75, 3.05) is 46.8 Å². The van der Waals surface area contributed by atoms with Crippen molar-refractivity contribution in [3.05, 3.63) is 35.1 Å². The predicted octanol–water partition coefficient (Wildman–Crippen LogP) is 1.34. The average molecular weight is 293 g/mol. The van der Waals surface area contributed by atoms with Gasteiger partial charge in [0.15, 0.2) is 0 Å². The van der Waals surface area contributed by atoms with Crippen LogP contribution in [-0.4, -0.2) is 67.4 Å². The fourth-order valence-corrected chi connectivity index (χ4v) is 2.57. The Morgan fingerprint density at radius 3 is 2.57 bits per heavy atom. The van der Waals surface area contributed by atoms with Crippen LogP contribution < -0.4 is 0 Å². The maximum absolute atomic E-state index is 13.1. The molecule has 0 aliphatic carbocycles. The minimum Gasteiger partial charge on any atom is -0.339 e. The topological polar surface area (TPSA) is 26.8 Å². The number of carbonyl (C=O) groups excluding carboxylic acids is 1. The molecule has 1 aliphatic rings. The van der Waals surface area contributed by atoms with Crippen LogP contribution in [0.1, 0.15) is 11.1 Å². The molecular weight excluding hydrogens is 269 g/mol. The van der Waals surface area contributed by atoms with Crippen molar-refractivity contribution in [2.24, 2.45) is 0 Å². The first-order chi connectivity index (χ1) is 9.95. The second-order valence-corrected chi connectivity index (χ2v) is 5.93. The van der Waals surface area contributed by atoms with Gasteiger partial charge in [0, 0.05) is 32.7 Å². The lowest BCUT2D eigenvalue weighted by molar-refractivity contribution is -0.133. The number of halogens is 1. The number of hydrogen-bond donors (Lipinski definition) is 0. The zero-order chi connectivity index (χ0) is 15.4. The molecule has 0 bridgehead atoms. The van der Waals surface area contributed by atoms with Gasteiger partial charge in [-0.25, -0.2) is 4.39 Å². The van der Waals surface area contributed by atoms with E-state index >= 15 is 0 Å². The summed E-state index contributed by atoms with van der Waals surface area (Å²) in [5.74, 6) is -0.0437. The van der Waals surface area contributed by atoms with E-state index < -0.39 is 0 Å². The van der Waals surface area contributed by atoms with E-state index in [-0.39, 0.29) is 11.7 Å². The molecule has 1 amide bonds. The average Bonchev–Trinajstić information content (AvgIpc) is 2.42. The summed E-state index contributed by atoms with van der Waals surface area (Å²) in [5.41, 5.74) is 1.99. The van der Waals surface area contributed by atoms with E-state index in [0.29, 0.717) is 13.1 Å². The number of piperazine rings is 1. The molecule has 1 aliphatic heterocycles. The van der Waals surface area contributed by atoms with E-state index in [0.717, 1.165) is 37.3 Å². The van der Waals surface area contributed by atoms with Gasteiger partial charge in [-0.05, 0) is 44.3 Å². The molecule has 116 valence electrons. The molecule has 0 N–H and O–H groups in total. The van der Waals surface area contributed by atoms with Gasteiger partial charge in [-0.3, -0.25) is 9.69 Å². The molecule has 4 nitrogen and oxygen atoms in total. The largest absolute Gasteiger partial charge is 0.339 e. The highest BCUT2D eigenvalue weighted by Gasteiger charge is 2.20. The lowest BCUT2D eigenvalue weighted by Crippen LogP contribution is -2.49. The highest BCUT2D eigenvalue weighted by atomic mass is 19.1. The molecule has 1 aromatic rings. The van der Waals surface area contributed by atoms with E-state index in [1.165, 1.54) is 12.1 Å². The number of benzene rings is 1. The highest BCUT2D eigenvalue weighted by molar-refractivity contribution is 5.78. The predicted molar refractivity (Wildman–Crippen MR) is 81.5 cm³/mol. The number of nitrogens with zero attached hydrogens (tertiary/aromatic N) is 3. The zero-order valence-electron chi connectivity index (χ0n) is 13.1. The van der Waals surface area contributed by atoms with Gasteiger partial charge in [0.2, 0.25) is 5.91 Å². The number of rotatable bonds is 4. The third-order valence-electron chi connectivity index (χ3n) is 4.01. The van der Waals surface area contributed by atoms with Gasteiger partial charge in [-0.15, -0.1) is 0 Å². The quantitative estimate of drug-likeness (QED) is 0.838. The van der Waals surface area contributed by atoms with E-state index in [2.05, 4.69) is 11.9 Å². The van der Waals surface area contributed by atoms with Gasteiger partial charge in [-0.1, -0.05) is 6.07 Å². The third-order valence-corrected chi connectivity index (χ3v) is 4.01. The van der Waals surface area contributed by atoms with E-state index in [1.807, 2.05) is 23.8 Å². The Bertz CT molecular complexity index is 498. The van der Waals surface area contributed by atoms with Crippen molar-refractivity contribution in [1.29, 1.82) is 0 Å². The van der Waals surface area contributed by atoms with Crippen LogP contribution in [0.5, 0.6) is 0 Å². The van der Waals surface area contributed by atoms with Crippen molar-refractivity contribution < 1.29 is 9.18 Å². The van der Waals surface area contributed by atoms with Gasteiger partial charge in [0.05, 0.1) is 6.54 Å². The van der Waals surface area contributed by atoms with E-state index in [9.17, 15) is 9.18 Å². The first kappa shape index (κ1) is 15.9. The van der Waals surface area contributed by atoms with Gasteiger partial charge in [-0.2, -0.15) is 0 Å². The lowest BCUT2D eigenvalue weighted by atomic mass is 10.1. The van der Waals surface area contributed by atoms with Crippen molar-refractivity contribution in [2.45, 2.75) is 13.5 Å². The summed E-state index contributed by atoms with van der Waals surface area (Å²) in [4.78, 5) is 18.4. The summed E-state index contributed by atoms with van der Waals surface area (Å²) >= 11 is 0. The van der Waals surface area contributed by atoms with Crippen molar-refractivity contribution in [3.63, 3.8) is 0 Å². The number of carbonyl (C=O) groups is 1. The van der Waals surface area contributed by atoms with Crippen LogP contribution in [0.15, 0.2) is 18.2 Å². The van der Waals surface area contributed by atoms with Crippen LogP contribution in [0, 0.1) is 12.7 Å². The minimum absolute atomic E-state index is 0.172. The molecule has 0 unspecified atom stereocenters. The summed E-state index contributed by atoms with van der Waals surface area (Å²) in [6.45, 7) is 6.44. The maximum atomic E-state index is 13.1. The Labute approximate surface area is 126 Å². The summed E-state index contributed by atoms with van der Waals surface area (Å²) in [6.07, 6.45) is 0. The Balaban J connectivity index is 1.86. The van der Waals surface area contributed by atoms with Gasteiger partial charge >= 0.3 is 0 Å². The molecule has 1 fully saturated rings. The smallest absolute Gasteiger partial charge is 0.236 e. The van der Waals surface area contributed by atoms with Crippen LogP contribution >= 0.6 is 0 Å². The summed E-state index contributed by atoms with van der Waals surface area (Å²) in [6, 6.07) is 4.80. The maximum Gasteiger partial charge on any atom is 0.236 e. The second kappa shape index (κ2) is 7.00. The molecular formula is C16H24FN3O. The third kappa shape index (κ3) is 4.51. The van der Waals surface area contributed by atoms with E-state index in [4.69, 9.17) is 0 Å². The Kier molecular flexibility index (Phi) is 5.31. The zero-order valence-corrected chi connectivity index (χ0v) is 13.1. The van der Waals surface area contributed by atoms with Gasteiger partial charge < -0.3 is 9.80 Å². The summed E-state index contributed by atoms with van der Waals surface area (Å²) in [5, 5.41) is 0. The summed E-state index contributed by atoms with van der Waals surface area (Å²) < 4.78 is 13.1. The van der Waals surface area contributed by atoms with E-state index in [1.54, 1.807) is 6.07 Å². The molecule has 21 heavy (non-hydrogen) atoms. The number of aryl methyl sites for hydroxylation is 1. The Hall–Kier alpha value is -1.46. The monoisotopic (exact) mass is 293 g/mol.